The van der Waals surface area contributed by atoms with E-state index in [0.29, 0.717) is 23.7 Å². The number of rotatable bonds is 8. The summed E-state index contributed by atoms with van der Waals surface area (Å²) < 4.78 is 0. The number of halogens is 1. The van der Waals surface area contributed by atoms with Crippen molar-refractivity contribution in [3.8, 4) is 0 Å². The van der Waals surface area contributed by atoms with Crippen molar-refractivity contribution in [2.24, 2.45) is 0 Å². The van der Waals surface area contributed by atoms with Crippen LogP contribution in [-0.4, -0.2) is 40.6 Å². The molecule has 0 atom stereocenters. The molecule has 0 fully saturated rings. The molecule has 0 spiro atoms. The first-order chi connectivity index (χ1) is 9.20. The minimum atomic E-state index is -0.141. The van der Waals surface area contributed by atoms with Crippen LogP contribution in [0.2, 0.25) is 5.02 Å². The van der Waals surface area contributed by atoms with Crippen molar-refractivity contribution in [3.63, 3.8) is 0 Å². The minimum Gasteiger partial charge on any atom is -0.395 e. The topological polar surface area (TPSA) is 53.4 Å². The van der Waals surface area contributed by atoms with E-state index in [2.05, 4.69) is 11.9 Å². The molecule has 106 valence electrons. The summed E-state index contributed by atoms with van der Waals surface area (Å²) in [5, 5.41) is 9.42. The van der Waals surface area contributed by atoms with Crippen molar-refractivity contribution >= 4 is 17.5 Å². The number of aromatic nitrogens is 1. The fourth-order valence-corrected chi connectivity index (χ4v) is 2.08. The third-order valence-electron chi connectivity index (χ3n) is 2.94. The molecule has 0 saturated heterocycles. The van der Waals surface area contributed by atoms with Crippen LogP contribution in [0.1, 0.15) is 43.0 Å². The van der Waals surface area contributed by atoms with Gasteiger partial charge in [-0.3, -0.25) is 9.78 Å². The number of carbonyl (C=O) groups excluding carboxylic acids is 1. The molecule has 0 aliphatic rings. The number of pyridine rings is 1. The number of nitrogens with zero attached hydrogens (tertiary/aromatic N) is 2. The minimum absolute atomic E-state index is 0.0395. The molecule has 5 heteroatoms. The Labute approximate surface area is 119 Å². The van der Waals surface area contributed by atoms with Gasteiger partial charge < -0.3 is 10.0 Å². The predicted octanol–water partition coefficient (Wildman–Crippen LogP) is 2.75. The summed E-state index contributed by atoms with van der Waals surface area (Å²) in [6, 6.07) is 1.61. The van der Waals surface area contributed by atoms with Gasteiger partial charge in [0.05, 0.1) is 17.2 Å². The van der Waals surface area contributed by atoms with Gasteiger partial charge in [-0.25, -0.2) is 0 Å². The van der Waals surface area contributed by atoms with Gasteiger partial charge in [0.2, 0.25) is 0 Å². The monoisotopic (exact) mass is 284 g/mol. The number of aliphatic hydroxyl groups is 1. The molecule has 1 N–H and O–H groups in total. The Hall–Kier alpha value is -1.13. The van der Waals surface area contributed by atoms with Crippen LogP contribution in [0.5, 0.6) is 0 Å². The average Bonchev–Trinajstić information content (AvgIpc) is 2.42. The fraction of sp³-hybridized carbons (Fsp3) is 0.571. The highest BCUT2D eigenvalue weighted by Gasteiger charge is 2.17. The molecule has 1 aromatic rings. The molecule has 0 saturated carbocycles. The number of unbranched alkanes of at least 4 members (excludes halogenated alkanes) is 3. The largest absolute Gasteiger partial charge is 0.395 e. The third-order valence-corrected chi connectivity index (χ3v) is 3.24. The van der Waals surface area contributed by atoms with Crippen LogP contribution in [0, 0.1) is 0 Å². The maximum atomic E-state index is 12.3. The molecule has 0 unspecified atom stereocenters. The van der Waals surface area contributed by atoms with E-state index in [-0.39, 0.29) is 12.5 Å². The molecule has 4 nitrogen and oxygen atoms in total. The lowest BCUT2D eigenvalue weighted by Crippen LogP contribution is -2.34. The van der Waals surface area contributed by atoms with Gasteiger partial charge in [0, 0.05) is 25.5 Å². The van der Waals surface area contributed by atoms with Gasteiger partial charge in [-0.2, -0.15) is 0 Å². The van der Waals surface area contributed by atoms with E-state index in [1.54, 1.807) is 17.2 Å². The van der Waals surface area contributed by atoms with Crippen molar-refractivity contribution < 1.29 is 9.90 Å². The zero-order valence-electron chi connectivity index (χ0n) is 11.3. The summed E-state index contributed by atoms with van der Waals surface area (Å²) in [5.41, 5.74) is 0.445. The van der Waals surface area contributed by atoms with E-state index in [9.17, 15) is 4.79 Å². The molecule has 1 amide bonds. The van der Waals surface area contributed by atoms with Gasteiger partial charge in [-0.1, -0.05) is 37.8 Å². The Morgan fingerprint density at radius 2 is 2.16 bits per heavy atom. The van der Waals surface area contributed by atoms with Crippen LogP contribution in [-0.2, 0) is 0 Å². The standard InChI is InChI=1S/C14H21ClN2O2/c1-2-3-4-5-8-17(9-10-18)14(19)12-6-7-16-11-13(12)15/h6-7,11,18H,2-5,8-10H2,1H3. The normalized spacial score (nSPS) is 10.5. The van der Waals surface area contributed by atoms with Crippen LogP contribution in [0.25, 0.3) is 0 Å². The lowest BCUT2D eigenvalue weighted by atomic mass is 10.2. The molecule has 1 rings (SSSR count). The van der Waals surface area contributed by atoms with Crippen molar-refractivity contribution in [3.05, 3.63) is 29.0 Å². The number of aliphatic hydroxyl groups excluding tert-OH is 1. The van der Waals surface area contributed by atoms with Gasteiger partial charge in [-0.05, 0) is 12.5 Å². The maximum absolute atomic E-state index is 12.3. The van der Waals surface area contributed by atoms with Crippen LogP contribution < -0.4 is 0 Å². The maximum Gasteiger partial charge on any atom is 0.255 e. The highest BCUT2D eigenvalue weighted by molar-refractivity contribution is 6.33. The van der Waals surface area contributed by atoms with E-state index in [0.717, 1.165) is 25.7 Å². The Kier molecular flexibility index (Phi) is 7.45. The van der Waals surface area contributed by atoms with Gasteiger partial charge in [-0.15, -0.1) is 0 Å². The number of carbonyl (C=O) groups is 1. The first-order valence-electron chi connectivity index (χ1n) is 6.70. The second kappa shape index (κ2) is 8.88. The number of hydrogen-bond donors (Lipinski definition) is 1. The zero-order chi connectivity index (χ0) is 14.1. The second-order valence-corrected chi connectivity index (χ2v) is 4.84. The van der Waals surface area contributed by atoms with Crippen molar-refractivity contribution in [2.75, 3.05) is 19.7 Å². The first kappa shape index (κ1) is 15.9. The lowest BCUT2D eigenvalue weighted by Gasteiger charge is -2.22. The third kappa shape index (κ3) is 5.17. The SMILES string of the molecule is CCCCCCN(CCO)C(=O)c1ccncc1Cl. The van der Waals surface area contributed by atoms with Crippen LogP contribution in [0.4, 0.5) is 0 Å². The Balaban J connectivity index is 2.64. The first-order valence-corrected chi connectivity index (χ1v) is 7.08. The Bertz CT molecular complexity index is 399. The smallest absolute Gasteiger partial charge is 0.255 e. The van der Waals surface area contributed by atoms with Gasteiger partial charge in [0.25, 0.3) is 5.91 Å². The summed E-state index contributed by atoms with van der Waals surface area (Å²) in [5.74, 6) is -0.141. The molecule has 1 aromatic heterocycles. The van der Waals surface area contributed by atoms with E-state index in [1.807, 2.05) is 0 Å². The van der Waals surface area contributed by atoms with Crippen molar-refractivity contribution in [2.45, 2.75) is 32.6 Å². The quantitative estimate of drug-likeness (QED) is 0.747. The second-order valence-electron chi connectivity index (χ2n) is 4.43. The molecule has 1 heterocycles. The average molecular weight is 285 g/mol. The molecule has 0 radical (unpaired) electrons. The summed E-state index contributed by atoms with van der Waals surface area (Å²) in [7, 11) is 0. The molecule has 19 heavy (non-hydrogen) atoms. The molecule has 0 aromatic carbocycles. The van der Waals surface area contributed by atoms with Crippen LogP contribution in [0.15, 0.2) is 18.5 Å². The molecule has 0 bridgehead atoms. The highest BCUT2D eigenvalue weighted by Crippen LogP contribution is 2.16. The van der Waals surface area contributed by atoms with Gasteiger partial charge >= 0.3 is 0 Å². The molecule has 0 aliphatic carbocycles. The molecular formula is C14H21ClN2O2. The van der Waals surface area contributed by atoms with E-state index in [4.69, 9.17) is 16.7 Å². The van der Waals surface area contributed by atoms with Gasteiger partial charge in [0.15, 0.2) is 0 Å². The number of amides is 1. The zero-order valence-corrected chi connectivity index (χ0v) is 12.1. The Morgan fingerprint density at radius 3 is 2.79 bits per heavy atom. The molecule has 0 aliphatic heterocycles. The van der Waals surface area contributed by atoms with Gasteiger partial charge in [0.1, 0.15) is 0 Å². The number of hydrogen-bond acceptors (Lipinski definition) is 3. The van der Waals surface area contributed by atoms with Crippen molar-refractivity contribution in [1.82, 2.24) is 9.88 Å². The molecular weight excluding hydrogens is 264 g/mol. The summed E-state index contributed by atoms with van der Waals surface area (Å²) >= 11 is 5.97. The van der Waals surface area contributed by atoms with Crippen molar-refractivity contribution in [1.29, 1.82) is 0 Å². The predicted molar refractivity (Wildman–Crippen MR) is 76.4 cm³/mol. The van der Waals surface area contributed by atoms with E-state index in [1.165, 1.54) is 6.20 Å². The lowest BCUT2D eigenvalue weighted by molar-refractivity contribution is 0.0718. The Morgan fingerprint density at radius 1 is 1.37 bits per heavy atom. The van der Waals surface area contributed by atoms with Crippen LogP contribution in [0.3, 0.4) is 0 Å². The van der Waals surface area contributed by atoms with E-state index >= 15 is 0 Å². The summed E-state index contributed by atoms with van der Waals surface area (Å²) in [6.07, 6.45) is 7.37. The summed E-state index contributed by atoms with van der Waals surface area (Å²) in [4.78, 5) is 17.8. The highest BCUT2D eigenvalue weighted by atomic mass is 35.5. The fourth-order valence-electron chi connectivity index (χ4n) is 1.88. The van der Waals surface area contributed by atoms with E-state index < -0.39 is 0 Å². The summed E-state index contributed by atoms with van der Waals surface area (Å²) in [6.45, 7) is 3.09. The van der Waals surface area contributed by atoms with Crippen LogP contribution >= 0.6 is 11.6 Å².